The first-order chi connectivity index (χ1) is 14.4. The molecule has 0 aliphatic carbocycles. The Labute approximate surface area is 185 Å². The van der Waals surface area contributed by atoms with E-state index >= 15 is 0 Å². The SMILES string of the molecule is Cc1cc(-c2cnc(C)nc2C2CCCCN2C(=O)Cc2ccc(Cl)c(Cl)c2)on1. The highest BCUT2D eigenvalue weighted by atomic mass is 35.5. The van der Waals surface area contributed by atoms with Gasteiger partial charge in [0.1, 0.15) is 5.82 Å². The van der Waals surface area contributed by atoms with E-state index < -0.39 is 0 Å². The summed E-state index contributed by atoms with van der Waals surface area (Å²) < 4.78 is 5.48. The lowest BCUT2D eigenvalue weighted by Crippen LogP contribution is -2.40. The van der Waals surface area contributed by atoms with Gasteiger partial charge in [-0.15, -0.1) is 0 Å². The van der Waals surface area contributed by atoms with Crippen molar-refractivity contribution in [3.8, 4) is 11.3 Å². The summed E-state index contributed by atoms with van der Waals surface area (Å²) in [6.07, 6.45) is 4.84. The largest absolute Gasteiger partial charge is 0.356 e. The lowest BCUT2D eigenvalue weighted by molar-refractivity contribution is -0.134. The third-order valence-corrected chi connectivity index (χ3v) is 6.05. The highest BCUT2D eigenvalue weighted by molar-refractivity contribution is 6.42. The molecule has 0 N–H and O–H groups in total. The van der Waals surface area contributed by atoms with Gasteiger partial charge in [0, 0.05) is 18.8 Å². The third-order valence-electron chi connectivity index (χ3n) is 5.31. The summed E-state index contributed by atoms with van der Waals surface area (Å²) >= 11 is 12.1. The Hall–Kier alpha value is -2.44. The molecule has 3 heterocycles. The van der Waals surface area contributed by atoms with E-state index in [1.165, 1.54) is 0 Å². The molecule has 1 aliphatic heterocycles. The summed E-state index contributed by atoms with van der Waals surface area (Å²) in [6, 6.07) is 7.03. The topological polar surface area (TPSA) is 72.1 Å². The number of halogens is 2. The second-order valence-corrected chi connectivity index (χ2v) is 8.39. The van der Waals surface area contributed by atoms with Crippen LogP contribution < -0.4 is 0 Å². The maximum absolute atomic E-state index is 13.3. The zero-order chi connectivity index (χ0) is 21.3. The maximum Gasteiger partial charge on any atom is 0.227 e. The van der Waals surface area contributed by atoms with Crippen molar-refractivity contribution in [2.24, 2.45) is 0 Å². The Morgan fingerprint density at radius 2 is 2.03 bits per heavy atom. The summed E-state index contributed by atoms with van der Waals surface area (Å²) in [6.45, 7) is 4.40. The van der Waals surface area contributed by atoms with Gasteiger partial charge in [-0.05, 0) is 50.8 Å². The van der Waals surface area contributed by atoms with Gasteiger partial charge in [-0.3, -0.25) is 4.79 Å². The van der Waals surface area contributed by atoms with Crippen molar-refractivity contribution in [3.63, 3.8) is 0 Å². The van der Waals surface area contributed by atoms with Gasteiger partial charge in [0.05, 0.1) is 39.5 Å². The number of carbonyl (C=O) groups is 1. The van der Waals surface area contributed by atoms with Crippen LogP contribution in [0.2, 0.25) is 10.0 Å². The van der Waals surface area contributed by atoms with Crippen molar-refractivity contribution < 1.29 is 9.32 Å². The van der Waals surface area contributed by atoms with Crippen LogP contribution in [0.5, 0.6) is 0 Å². The molecule has 1 amide bonds. The van der Waals surface area contributed by atoms with Crippen LogP contribution in [0.15, 0.2) is 35.0 Å². The number of benzene rings is 1. The number of hydrogen-bond acceptors (Lipinski definition) is 5. The first-order valence-electron chi connectivity index (χ1n) is 9.93. The fraction of sp³-hybridized carbons (Fsp3) is 0.364. The lowest BCUT2D eigenvalue weighted by Gasteiger charge is -2.36. The van der Waals surface area contributed by atoms with E-state index in [0.717, 1.165) is 41.8 Å². The summed E-state index contributed by atoms with van der Waals surface area (Å²) in [5.74, 6) is 1.31. The molecule has 8 heteroatoms. The molecule has 1 unspecified atom stereocenters. The highest BCUT2D eigenvalue weighted by Crippen LogP contribution is 2.36. The van der Waals surface area contributed by atoms with E-state index in [1.807, 2.05) is 30.9 Å². The minimum Gasteiger partial charge on any atom is -0.356 e. The van der Waals surface area contributed by atoms with Crippen LogP contribution in [-0.2, 0) is 11.2 Å². The Bertz CT molecular complexity index is 1080. The molecule has 1 aromatic carbocycles. The maximum atomic E-state index is 13.3. The molecule has 1 saturated heterocycles. The minimum absolute atomic E-state index is 0.0362. The van der Waals surface area contributed by atoms with Crippen molar-refractivity contribution in [3.05, 3.63) is 63.3 Å². The number of aromatic nitrogens is 3. The first kappa shape index (κ1) is 20.8. The number of piperidine rings is 1. The second-order valence-electron chi connectivity index (χ2n) is 7.57. The summed E-state index contributed by atoms with van der Waals surface area (Å²) in [4.78, 5) is 24.2. The van der Waals surface area contributed by atoms with Crippen LogP contribution in [-0.4, -0.2) is 32.5 Å². The van der Waals surface area contributed by atoms with Crippen LogP contribution in [0.25, 0.3) is 11.3 Å². The average Bonchev–Trinajstić information content (AvgIpc) is 3.16. The molecule has 0 spiro atoms. The number of aryl methyl sites for hydroxylation is 2. The third kappa shape index (κ3) is 4.35. The predicted molar refractivity (Wildman–Crippen MR) is 115 cm³/mol. The summed E-state index contributed by atoms with van der Waals surface area (Å²) in [5, 5.41) is 4.92. The number of rotatable bonds is 4. The van der Waals surface area contributed by atoms with Gasteiger partial charge in [0.25, 0.3) is 0 Å². The molecule has 1 aliphatic rings. The molecule has 0 bridgehead atoms. The van der Waals surface area contributed by atoms with Gasteiger partial charge in [-0.25, -0.2) is 9.97 Å². The summed E-state index contributed by atoms with van der Waals surface area (Å²) in [7, 11) is 0. The van der Waals surface area contributed by atoms with Crippen molar-refractivity contribution in [1.82, 2.24) is 20.0 Å². The van der Waals surface area contributed by atoms with Gasteiger partial charge in [0.2, 0.25) is 5.91 Å². The van der Waals surface area contributed by atoms with Crippen LogP contribution in [0.1, 0.15) is 48.1 Å². The lowest BCUT2D eigenvalue weighted by atomic mass is 9.94. The zero-order valence-corrected chi connectivity index (χ0v) is 18.4. The van der Waals surface area contributed by atoms with Gasteiger partial charge in [-0.2, -0.15) is 0 Å². The molecule has 0 saturated carbocycles. The Kier molecular flexibility index (Phi) is 6.06. The Morgan fingerprint density at radius 3 is 2.77 bits per heavy atom. The molecule has 1 atom stereocenters. The standard InChI is InChI=1S/C22H22Cl2N4O2/c1-13-9-20(30-27-13)16-12-25-14(2)26-22(16)19-5-3-4-8-28(19)21(29)11-15-6-7-17(23)18(24)10-15/h6-7,9-10,12,19H,3-5,8,11H2,1-2H3. The van der Waals surface area contributed by atoms with E-state index in [9.17, 15) is 4.79 Å². The molecular formula is C22H22Cl2N4O2. The molecule has 0 radical (unpaired) electrons. The van der Waals surface area contributed by atoms with Gasteiger partial charge in [-0.1, -0.05) is 34.4 Å². The minimum atomic E-state index is -0.142. The molecular weight excluding hydrogens is 423 g/mol. The molecule has 3 aromatic rings. The van der Waals surface area contributed by atoms with E-state index in [2.05, 4.69) is 10.1 Å². The highest BCUT2D eigenvalue weighted by Gasteiger charge is 2.32. The summed E-state index contributed by atoms with van der Waals surface area (Å²) in [5.41, 5.74) is 3.21. The quantitative estimate of drug-likeness (QED) is 0.541. The number of likely N-dealkylation sites (tertiary alicyclic amines) is 1. The van der Waals surface area contributed by atoms with E-state index in [-0.39, 0.29) is 18.4 Å². The van der Waals surface area contributed by atoms with E-state index in [4.69, 9.17) is 32.7 Å². The Balaban J connectivity index is 1.66. The molecule has 1 fully saturated rings. The number of nitrogens with zero attached hydrogens (tertiary/aromatic N) is 4. The number of carbonyl (C=O) groups excluding carboxylic acids is 1. The van der Waals surface area contributed by atoms with E-state index in [1.54, 1.807) is 18.3 Å². The van der Waals surface area contributed by atoms with Crippen LogP contribution >= 0.6 is 23.2 Å². The molecule has 156 valence electrons. The van der Waals surface area contributed by atoms with E-state index in [0.29, 0.717) is 28.2 Å². The average molecular weight is 445 g/mol. The van der Waals surface area contributed by atoms with Crippen LogP contribution in [0.4, 0.5) is 0 Å². The molecule has 6 nitrogen and oxygen atoms in total. The molecule has 4 rings (SSSR count). The van der Waals surface area contributed by atoms with Gasteiger partial charge in [0.15, 0.2) is 5.76 Å². The second kappa shape index (κ2) is 8.74. The normalized spacial score (nSPS) is 16.7. The van der Waals surface area contributed by atoms with Crippen molar-refractivity contribution in [2.45, 2.75) is 45.6 Å². The first-order valence-corrected chi connectivity index (χ1v) is 10.7. The Morgan fingerprint density at radius 1 is 1.20 bits per heavy atom. The number of amides is 1. The van der Waals surface area contributed by atoms with Gasteiger partial charge >= 0.3 is 0 Å². The van der Waals surface area contributed by atoms with Crippen LogP contribution in [0.3, 0.4) is 0 Å². The predicted octanol–water partition coefficient (Wildman–Crippen LogP) is 5.35. The fourth-order valence-corrected chi connectivity index (χ4v) is 4.18. The fourth-order valence-electron chi connectivity index (χ4n) is 3.86. The van der Waals surface area contributed by atoms with Crippen molar-refractivity contribution in [1.29, 1.82) is 0 Å². The number of hydrogen-bond donors (Lipinski definition) is 0. The smallest absolute Gasteiger partial charge is 0.227 e. The van der Waals surface area contributed by atoms with Crippen molar-refractivity contribution >= 4 is 29.1 Å². The van der Waals surface area contributed by atoms with Crippen LogP contribution in [0, 0.1) is 13.8 Å². The molecule has 30 heavy (non-hydrogen) atoms. The van der Waals surface area contributed by atoms with Gasteiger partial charge < -0.3 is 9.42 Å². The zero-order valence-electron chi connectivity index (χ0n) is 16.9. The molecule has 2 aromatic heterocycles. The van der Waals surface area contributed by atoms with Crippen molar-refractivity contribution in [2.75, 3.05) is 6.54 Å². The monoisotopic (exact) mass is 444 g/mol.